The molecular weight excluding hydrogens is 422 g/mol. The monoisotopic (exact) mass is 459 g/mol. The van der Waals surface area contributed by atoms with E-state index in [1.54, 1.807) is 7.11 Å². The number of rotatable bonds is 5. The van der Waals surface area contributed by atoms with Gasteiger partial charge in [0.25, 0.3) is 0 Å². The Labute approximate surface area is 204 Å². The van der Waals surface area contributed by atoms with Crippen LogP contribution < -0.4 is 19.9 Å². The molecule has 6 nitrogen and oxygen atoms in total. The molecule has 1 aromatic heterocycles. The zero-order valence-corrected chi connectivity index (χ0v) is 21.5. The van der Waals surface area contributed by atoms with E-state index in [1.165, 1.54) is 16.8 Å². The molecule has 0 atom stereocenters. The highest BCUT2D eigenvalue weighted by Crippen LogP contribution is 2.31. The van der Waals surface area contributed by atoms with E-state index in [-0.39, 0.29) is 11.0 Å². The van der Waals surface area contributed by atoms with Gasteiger partial charge in [0.05, 0.1) is 30.7 Å². The highest BCUT2D eigenvalue weighted by atomic mass is 16.5. The van der Waals surface area contributed by atoms with Crippen molar-refractivity contribution >= 4 is 23.0 Å². The van der Waals surface area contributed by atoms with Gasteiger partial charge in [-0.05, 0) is 67.6 Å². The summed E-state index contributed by atoms with van der Waals surface area (Å²) in [5.74, 6) is 1.65. The van der Waals surface area contributed by atoms with Gasteiger partial charge in [0.1, 0.15) is 5.75 Å². The minimum atomic E-state index is -0.0579. The number of aryl methyl sites for hydroxylation is 1. The fourth-order valence-corrected chi connectivity index (χ4v) is 4.49. The number of ether oxygens (including phenoxy) is 1. The van der Waals surface area contributed by atoms with Gasteiger partial charge in [-0.15, -0.1) is 0 Å². The fourth-order valence-electron chi connectivity index (χ4n) is 4.49. The molecule has 0 amide bonds. The standard InChI is InChI=1S/C28H37N5O/c1-20-8-9-21(27(2,3)4)16-25(20)31-22-17-29-26(30-18-22)32-14-15-33(28(5,6)19-32)23-10-12-24(34-7)13-11-23/h8-13,16-18,31H,14-15,19H2,1-7H3. The lowest BCUT2D eigenvalue weighted by Crippen LogP contribution is -2.60. The summed E-state index contributed by atoms with van der Waals surface area (Å²) < 4.78 is 5.31. The molecule has 3 aromatic rings. The lowest BCUT2D eigenvalue weighted by Gasteiger charge is -2.48. The maximum absolute atomic E-state index is 5.31. The van der Waals surface area contributed by atoms with Gasteiger partial charge in [-0.1, -0.05) is 32.9 Å². The quantitative estimate of drug-likeness (QED) is 0.510. The van der Waals surface area contributed by atoms with Crippen molar-refractivity contribution in [2.24, 2.45) is 0 Å². The first-order valence-corrected chi connectivity index (χ1v) is 11.9. The van der Waals surface area contributed by atoms with Gasteiger partial charge in [0, 0.05) is 31.0 Å². The molecule has 0 bridgehead atoms. The molecule has 2 heterocycles. The van der Waals surface area contributed by atoms with Crippen LogP contribution in [0, 0.1) is 6.92 Å². The number of nitrogens with zero attached hydrogens (tertiary/aromatic N) is 4. The Kier molecular flexibility index (Phi) is 6.43. The average Bonchev–Trinajstić information content (AvgIpc) is 2.80. The molecule has 0 saturated carbocycles. The summed E-state index contributed by atoms with van der Waals surface area (Å²) in [6.45, 7) is 16.0. The minimum absolute atomic E-state index is 0.0579. The topological polar surface area (TPSA) is 53.5 Å². The lowest BCUT2D eigenvalue weighted by atomic mass is 9.86. The van der Waals surface area contributed by atoms with Gasteiger partial charge < -0.3 is 19.9 Å². The molecule has 1 aliphatic heterocycles. The molecule has 1 N–H and O–H groups in total. The molecule has 0 radical (unpaired) electrons. The van der Waals surface area contributed by atoms with E-state index in [0.717, 1.165) is 42.7 Å². The Balaban J connectivity index is 1.45. The van der Waals surface area contributed by atoms with Crippen LogP contribution in [-0.4, -0.2) is 42.3 Å². The number of aromatic nitrogens is 2. The molecule has 34 heavy (non-hydrogen) atoms. The fraction of sp³-hybridized carbons (Fsp3) is 0.429. The van der Waals surface area contributed by atoms with Crippen LogP contribution in [0.15, 0.2) is 54.9 Å². The molecule has 4 rings (SSSR count). The van der Waals surface area contributed by atoms with E-state index in [1.807, 2.05) is 24.5 Å². The number of benzene rings is 2. The summed E-state index contributed by atoms with van der Waals surface area (Å²) in [5.41, 5.74) is 5.75. The molecule has 180 valence electrons. The molecule has 1 fully saturated rings. The number of nitrogens with one attached hydrogen (secondary N) is 1. The zero-order chi connectivity index (χ0) is 24.5. The second-order valence-corrected chi connectivity index (χ2v) is 10.8. The zero-order valence-electron chi connectivity index (χ0n) is 21.5. The summed E-state index contributed by atoms with van der Waals surface area (Å²) in [7, 11) is 1.70. The van der Waals surface area contributed by atoms with Crippen LogP contribution >= 0.6 is 0 Å². The van der Waals surface area contributed by atoms with E-state index in [4.69, 9.17) is 14.7 Å². The third-order valence-electron chi connectivity index (χ3n) is 6.59. The molecule has 1 aliphatic rings. The largest absolute Gasteiger partial charge is 0.497 e. The van der Waals surface area contributed by atoms with Gasteiger partial charge in [-0.2, -0.15) is 0 Å². The summed E-state index contributed by atoms with van der Waals surface area (Å²) in [6, 6.07) is 14.9. The molecule has 1 saturated heterocycles. The first-order chi connectivity index (χ1) is 16.1. The third kappa shape index (κ3) is 5.11. The number of methoxy groups -OCH3 is 1. The summed E-state index contributed by atoms with van der Waals surface area (Å²) in [5, 5.41) is 3.51. The van der Waals surface area contributed by atoms with Crippen molar-refractivity contribution in [3.05, 3.63) is 66.0 Å². The Morgan fingerprint density at radius 1 is 0.971 bits per heavy atom. The normalized spacial score (nSPS) is 15.9. The maximum Gasteiger partial charge on any atom is 0.225 e. The summed E-state index contributed by atoms with van der Waals surface area (Å²) >= 11 is 0. The lowest BCUT2D eigenvalue weighted by molar-refractivity contribution is 0.408. The highest BCUT2D eigenvalue weighted by molar-refractivity contribution is 5.63. The van der Waals surface area contributed by atoms with Crippen molar-refractivity contribution in [3.63, 3.8) is 0 Å². The molecule has 0 unspecified atom stereocenters. The van der Waals surface area contributed by atoms with Crippen LogP contribution in [0.25, 0.3) is 0 Å². The molecule has 2 aromatic carbocycles. The number of piperazine rings is 1. The SMILES string of the molecule is COc1ccc(N2CCN(c3ncc(Nc4cc(C(C)(C)C)ccc4C)cn3)CC2(C)C)cc1. The Morgan fingerprint density at radius 2 is 1.65 bits per heavy atom. The Bertz CT molecular complexity index is 1120. The van der Waals surface area contributed by atoms with E-state index in [0.29, 0.717) is 0 Å². The predicted molar refractivity (Wildman–Crippen MR) is 142 cm³/mol. The number of hydrogen-bond donors (Lipinski definition) is 1. The molecule has 0 spiro atoms. The van der Waals surface area contributed by atoms with E-state index in [9.17, 15) is 0 Å². The average molecular weight is 460 g/mol. The van der Waals surface area contributed by atoms with Crippen molar-refractivity contribution < 1.29 is 4.74 Å². The van der Waals surface area contributed by atoms with Crippen molar-refractivity contribution in [3.8, 4) is 5.75 Å². The second kappa shape index (κ2) is 9.16. The first-order valence-electron chi connectivity index (χ1n) is 11.9. The molecular formula is C28H37N5O. The van der Waals surface area contributed by atoms with Crippen molar-refractivity contribution in [1.82, 2.24) is 9.97 Å². The summed E-state index contributed by atoms with van der Waals surface area (Å²) in [6.07, 6.45) is 3.77. The van der Waals surface area contributed by atoms with Crippen molar-refractivity contribution in [2.75, 3.05) is 41.9 Å². The van der Waals surface area contributed by atoms with Gasteiger partial charge in [-0.25, -0.2) is 9.97 Å². The maximum atomic E-state index is 5.31. The van der Waals surface area contributed by atoms with Crippen LogP contribution in [-0.2, 0) is 5.41 Å². The van der Waals surface area contributed by atoms with Crippen LogP contribution in [0.3, 0.4) is 0 Å². The Hall–Kier alpha value is -3.28. The van der Waals surface area contributed by atoms with E-state index < -0.39 is 0 Å². The van der Waals surface area contributed by atoms with Crippen LogP contribution in [0.4, 0.5) is 23.0 Å². The smallest absolute Gasteiger partial charge is 0.225 e. The molecule has 0 aliphatic carbocycles. The number of hydrogen-bond acceptors (Lipinski definition) is 6. The van der Waals surface area contributed by atoms with E-state index in [2.05, 4.69) is 87.0 Å². The summed E-state index contributed by atoms with van der Waals surface area (Å²) in [4.78, 5) is 14.1. The van der Waals surface area contributed by atoms with Crippen LogP contribution in [0.2, 0.25) is 0 Å². The third-order valence-corrected chi connectivity index (χ3v) is 6.59. The van der Waals surface area contributed by atoms with Crippen LogP contribution in [0.1, 0.15) is 45.7 Å². The van der Waals surface area contributed by atoms with Crippen LogP contribution in [0.5, 0.6) is 5.75 Å². The van der Waals surface area contributed by atoms with Crippen molar-refractivity contribution in [1.29, 1.82) is 0 Å². The van der Waals surface area contributed by atoms with Crippen molar-refractivity contribution in [2.45, 2.75) is 52.5 Å². The van der Waals surface area contributed by atoms with E-state index >= 15 is 0 Å². The highest BCUT2D eigenvalue weighted by Gasteiger charge is 2.34. The van der Waals surface area contributed by atoms with Gasteiger partial charge in [-0.3, -0.25) is 0 Å². The number of anilines is 4. The Morgan fingerprint density at radius 3 is 2.24 bits per heavy atom. The van der Waals surface area contributed by atoms with Gasteiger partial charge in [0.15, 0.2) is 0 Å². The second-order valence-electron chi connectivity index (χ2n) is 10.8. The molecule has 6 heteroatoms. The minimum Gasteiger partial charge on any atom is -0.497 e. The van der Waals surface area contributed by atoms with Gasteiger partial charge >= 0.3 is 0 Å². The van der Waals surface area contributed by atoms with Gasteiger partial charge in [0.2, 0.25) is 5.95 Å². The predicted octanol–water partition coefficient (Wildman–Crippen LogP) is 5.94. The first kappa shape index (κ1) is 23.9.